The first-order chi connectivity index (χ1) is 9.63. The highest BCUT2D eigenvalue weighted by Crippen LogP contribution is 2.33. The fraction of sp³-hybridized carbons (Fsp3) is 0.200. The Morgan fingerprint density at radius 1 is 1.10 bits per heavy atom. The summed E-state index contributed by atoms with van der Waals surface area (Å²) in [6, 6.07) is 11.7. The molecule has 5 heteroatoms. The largest absolute Gasteiger partial charge is 0.497 e. The van der Waals surface area contributed by atoms with Crippen LogP contribution >= 0.6 is 27.7 Å². The maximum Gasteiger partial charge on any atom is 0.133 e. The molecule has 0 aliphatic heterocycles. The molecule has 3 nitrogen and oxygen atoms in total. The second-order valence-electron chi connectivity index (χ2n) is 4.16. The summed E-state index contributed by atoms with van der Waals surface area (Å²) in [6.45, 7) is 0. The van der Waals surface area contributed by atoms with E-state index in [4.69, 9.17) is 15.2 Å². The predicted molar refractivity (Wildman–Crippen MR) is 87.7 cm³/mol. The molecule has 0 saturated heterocycles. The van der Waals surface area contributed by atoms with E-state index >= 15 is 0 Å². The average molecular weight is 354 g/mol. The molecule has 106 valence electrons. The number of ether oxygens (including phenoxy) is 2. The molecule has 0 amide bonds. The Bertz CT molecular complexity index is 604. The van der Waals surface area contributed by atoms with Gasteiger partial charge in [0.2, 0.25) is 0 Å². The monoisotopic (exact) mass is 353 g/mol. The summed E-state index contributed by atoms with van der Waals surface area (Å²) < 4.78 is 11.4. The second-order valence-corrected chi connectivity index (χ2v) is 6.03. The molecule has 0 fully saturated rings. The van der Waals surface area contributed by atoms with Crippen molar-refractivity contribution in [3.05, 3.63) is 46.4 Å². The molecule has 0 spiro atoms. The predicted octanol–water partition coefficient (Wildman–Crippen LogP) is 4.34. The molecule has 2 N–H and O–H groups in total. The lowest BCUT2D eigenvalue weighted by molar-refractivity contribution is 0.412. The Labute approximate surface area is 131 Å². The number of hydrogen-bond acceptors (Lipinski definition) is 4. The number of rotatable bonds is 5. The van der Waals surface area contributed by atoms with E-state index in [1.165, 1.54) is 5.56 Å². The Balaban J connectivity index is 2.10. The van der Waals surface area contributed by atoms with Gasteiger partial charge in [0.05, 0.1) is 18.7 Å². The summed E-state index contributed by atoms with van der Waals surface area (Å²) in [4.78, 5) is 1.02. The Morgan fingerprint density at radius 2 is 1.90 bits per heavy atom. The van der Waals surface area contributed by atoms with Crippen molar-refractivity contribution >= 4 is 33.4 Å². The van der Waals surface area contributed by atoms with E-state index in [2.05, 4.69) is 22.0 Å². The van der Waals surface area contributed by atoms with Gasteiger partial charge in [-0.25, -0.2) is 0 Å². The zero-order valence-corrected chi connectivity index (χ0v) is 13.8. The maximum absolute atomic E-state index is 5.98. The normalized spacial score (nSPS) is 10.3. The molecular formula is C15H16BrNO2S. The molecule has 2 rings (SSSR count). The van der Waals surface area contributed by atoms with E-state index in [-0.39, 0.29) is 0 Å². The van der Waals surface area contributed by atoms with Crippen LogP contribution in [-0.4, -0.2) is 14.2 Å². The molecule has 2 aromatic rings. The quantitative estimate of drug-likeness (QED) is 0.641. The number of halogens is 1. The van der Waals surface area contributed by atoms with Crippen molar-refractivity contribution in [2.75, 3.05) is 20.0 Å². The minimum atomic E-state index is 0.767. The van der Waals surface area contributed by atoms with E-state index in [9.17, 15) is 0 Å². The molecule has 20 heavy (non-hydrogen) atoms. The van der Waals surface area contributed by atoms with E-state index in [0.717, 1.165) is 32.3 Å². The molecule has 0 saturated carbocycles. The molecule has 0 atom stereocenters. The summed E-state index contributed by atoms with van der Waals surface area (Å²) in [5.74, 6) is 2.48. The van der Waals surface area contributed by atoms with E-state index in [1.807, 2.05) is 30.3 Å². The van der Waals surface area contributed by atoms with Crippen LogP contribution < -0.4 is 15.2 Å². The van der Waals surface area contributed by atoms with Crippen LogP contribution in [0.5, 0.6) is 11.5 Å². The van der Waals surface area contributed by atoms with E-state index < -0.39 is 0 Å². The average Bonchev–Trinajstić information content (AvgIpc) is 2.46. The van der Waals surface area contributed by atoms with Gasteiger partial charge in [0.25, 0.3) is 0 Å². The lowest BCUT2D eigenvalue weighted by Gasteiger charge is -2.09. The smallest absolute Gasteiger partial charge is 0.133 e. The SMILES string of the molecule is COc1ccc(N)c(SCc2ccc(OC)c(Br)c2)c1. The molecule has 0 heterocycles. The van der Waals surface area contributed by atoms with Crippen LogP contribution in [0, 0.1) is 0 Å². The van der Waals surface area contributed by atoms with E-state index in [0.29, 0.717) is 0 Å². The van der Waals surface area contributed by atoms with Crippen LogP contribution in [0.3, 0.4) is 0 Å². The minimum absolute atomic E-state index is 0.767. The third-order valence-electron chi connectivity index (χ3n) is 2.83. The van der Waals surface area contributed by atoms with Crippen molar-refractivity contribution in [1.82, 2.24) is 0 Å². The standard InChI is InChI=1S/C15H16BrNO2S/c1-18-11-4-5-13(17)15(8-11)20-9-10-3-6-14(19-2)12(16)7-10/h3-8H,9,17H2,1-2H3. The highest BCUT2D eigenvalue weighted by molar-refractivity contribution is 9.10. The summed E-state index contributed by atoms with van der Waals surface area (Å²) in [5.41, 5.74) is 7.94. The van der Waals surface area contributed by atoms with Crippen molar-refractivity contribution in [1.29, 1.82) is 0 Å². The van der Waals surface area contributed by atoms with Gasteiger partial charge in [0.1, 0.15) is 11.5 Å². The Morgan fingerprint density at radius 3 is 2.55 bits per heavy atom. The molecule has 0 aliphatic carbocycles. The molecule has 0 unspecified atom stereocenters. The van der Waals surface area contributed by atoms with Crippen LogP contribution in [0.15, 0.2) is 45.8 Å². The fourth-order valence-electron chi connectivity index (χ4n) is 1.73. The highest BCUT2D eigenvalue weighted by atomic mass is 79.9. The molecule has 0 radical (unpaired) electrons. The summed E-state index contributed by atoms with van der Waals surface area (Å²) in [7, 11) is 3.31. The molecule has 0 aromatic heterocycles. The van der Waals surface area contributed by atoms with Gasteiger partial charge in [-0.15, -0.1) is 11.8 Å². The van der Waals surface area contributed by atoms with Gasteiger partial charge in [-0.2, -0.15) is 0 Å². The van der Waals surface area contributed by atoms with Gasteiger partial charge in [-0.1, -0.05) is 6.07 Å². The minimum Gasteiger partial charge on any atom is -0.497 e. The summed E-state index contributed by atoms with van der Waals surface area (Å²) >= 11 is 5.18. The van der Waals surface area contributed by atoms with Gasteiger partial charge >= 0.3 is 0 Å². The third kappa shape index (κ3) is 3.61. The van der Waals surface area contributed by atoms with Crippen LogP contribution in [0.25, 0.3) is 0 Å². The van der Waals surface area contributed by atoms with Gasteiger partial charge in [0.15, 0.2) is 0 Å². The van der Waals surface area contributed by atoms with Crippen LogP contribution in [0.4, 0.5) is 5.69 Å². The summed E-state index contributed by atoms with van der Waals surface area (Å²) in [6.07, 6.45) is 0. The van der Waals surface area contributed by atoms with Gasteiger partial charge < -0.3 is 15.2 Å². The second kappa shape index (κ2) is 6.90. The van der Waals surface area contributed by atoms with Gasteiger partial charge in [-0.05, 0) is 51.8 Å². The summed E-state index contributed by atoms with van der Waals surface area (Å²) in [5, 5.41) is 0. The van der Waals surface area contributed by atoms with Crippen LogP contribution in [-0.2, 0) is 5.75 Å². The highest BCUT2D eigenvalue weighted by Gasteiger charge is 2.05. The number of nitrogens with two attached hydrogens (primary N) is 1. The van der Waals surface area contributed by atoms with Crippen molar-refractivity contribution < 1.29 is 9.47 Å². The Kier molecular flexibility index (Phi) is 5.20. The number of methoxy groups -OCH3 is 2. The van der Waals surface area contributed by atoms with Gasteiger partial charge in [0, 0.05) is 16.3 Å². The zero-order valence-electron chi connectivity index (χ0n) is 11.4. The maximum atomic E-state index is 5.98. The number of benzene rings is 2. The lowest BCUT2D eigenvalue weighted by atomic mass is 10.2. The van der Waals surface area contributed by atoms with Crippen molar-refractivity contribution in [3.63, 3.8) is 0 Å². The van der Waals surface area contributed by atoms with Crippen molar-refractivity contribution in [2.24, 2.45) is 0 Å². The molecular weight excluding hydrogens is 338 g/mol. The molecule has 2 aromatic carbocycles. The number of anilines is 1. The first-order valence-corrected chi connectivity index (χ1v) is 7.80. The van der Waals surface area contributed by atoms with Crippen LogP contribution in [0.1, 0.15) is 5.56 Å². The first kappa shape index (κ1) is 15.1. The lowest BCUT2D eigenvalue weighted by Crippen LogP contribution is -1.91. The third-order valence-corrected chi connectivity index (χ3v) is 4.59. The van der Waals surface area contributed by atoms with Crippen molar-refractivity contribution in [2.45, 2.75) is 10.6 Å². The van der Waals surface area contributed by atoms with Gasteiger partial charge in [-0.3, -0.25) is 0 Å². The Hall–Kier alpha value is -1.33. The zero-order chi connectivity index (χ0) is 14.5. The number of thioether (sulfide) groups is 1. The first-order valence-electron chi connectivity index (χ1n) is 6.02. The van der Waals surface area contributed by atoms with Crippen LogP contribution in [0.2, 0.25) is 0 Å². The number of hydrogen-bond donors (Lipinski definition) is 1. The number of nitrogen functional groups attached to an aromatic ring is 1. The van der Waals surface area contributed by atoms with Crippen molar-refractivity contribution in [3.8, 4) is 11.5 Å². The molecule has 0 bridgehead atoms. The topological polar surface area (TPSA) is 44.5 Å². The fourth-order valence-corrected chi connectivity index (χ4v) is 3.25. The van der Waals surface area contributed by atoms with E-state index in [1.54, 1.807) is 26.0 Å². The molecule has 0 aliphatic rings.